The van der Waals surface area contributed by atoms with Crippen LogP contribution in [0.5, 0.6) is 0 Å². The Hall–Kier alpha value is -2.53. The first-order chi connectivity index (χ1) is 16.0. The summed E-state index contributed by atoms with van der Waals surface area (Å²) in [4.78, 5) is 0. The Labute approximate surface area is 200 Å². The van der Waals surface area contributed by atoms with Crippen LogP contribution in [0.2, 0.25) is 0 Å². The molecule has 1 aliphatic heterocycles. The highest BCUT2D eigenvalue weighted by Gasteiger charge is 2.55. The number of benzene rings is 3. The van der Waals surface area contributed by atoms with Crippen molar-refractivity contribution in [2.75, 3.05) is 0 Å². The van der Waals surface area contributed by atoms with Crippen LogP contribution in [0.15, 0.2) is 90.9 Å². The van der Waals surface area contributed by atoms with Crippen molar-refractivity contribution in [1.29, 1.82) is 0 Å². The van der Waals surface area contributed by atoms with Gasteiger partial charge in [-0.25, -0.2) is 8.78 Å². The third-order valence-corrected chi connectivity index (χ3v) is 10.3. The lowest BCUT2D eigenvalue weighted by Gasteiger charge is -2.32. The van der Waals surface area contributed by atoms with Crippen LogP contribution in [0.25, 0.3) is 0 Å². The van der Waals surface area contributed by atoms with Gasteiger partial charge in [0.1, 0.15) is 11.6 Å². The zero-order valence-corrected chi connectivity index (χ0v) is 20.7. The largest absolute Gasteiger partial charge is 0.491 e. The van der Waals surface area contributed by atoms with Crippen LogP contribution >= 0.6 is 7.14 Å². The molecule has 1 saturated heterocycles. The van der Waals surface area contributed by atoms with Gasteiger partial charge in [-0.3, -0.25) is 0 Å². The molecule has 0 N–H and O–H groups in total. The summed E-state index contributed by atoms with van der Waals surface area (Å²) in [7, 11) is -4.40. The van der Waals surface area contributed by atoms with E-state index in [0.29, 0.717) is 16.1 Å². The van der Waals surface area contributed by atoms with Gasteiger partial charge in [0, 0.05) is 10.6 Å². The summed E-state index contributed by atoms with van der Waals surface area (Å²) in [5.41, 5.74) is -0.741. The van der Waals surface area contributed by atoms with Gasteiger partial charge in [0.25, 0.3) is 0 Å². The fourth-order valence-electron chi connectivity index (χ4n) is 4.19. The van der Waals surface area contributed by atoms with E-state index in [2.05, 4.69) is 6.58 Å². The van der Waals surface area contributed by atoms with E-state index in [1.165, 1.54) is 48.5 Å². The minimum atomic E-state index is -3.58. The maximum Gasteiger partial charge on any atom is 0.491 e. The summed E-state index contributed by atoms with van der Waals surface area (Å²) in [5.74, 6) is -0.870. The lowest BCUT2D eigenvalue weighted by molar-refractivity contribution is 0.00578. The Balaban J connectivity index is 1.93. The van der Waals surface area contributed by atoms with Crippen LogP contribution in [-0.4, -0.2) is 18.3 Å². The molecular formula is C27H28BF2O3P. The minimum Gasteiger partial charge on any atom is -0.400 e. The molecular weight excluding hydrogens is 452 g/mol. The van der Waals surface area contributed by atoms with Gasteiger partial charge in [-0.2, -0.15) is 0 Å². The molecule has 1 heterocycles. The van der Waals surface area contributed by atoms with Crippen molar-refractivity contribution in [3.63, 3.8) is 0 Å². The summed E-state index contributed by atoms with van der Waals surface area (Å²) >= 11 is 0. The molecule has 34 heavy (non-hydrogen) atoms. The van der Waals surface area contributed by atoms with E-state index in [4.69, 9.17) is 9.31 Å². The number of hydrogen-bond acceptors (Lipinski definition) is 3. The van der Waals surface area contributed by atoms with Gasteiger partial charge in [-0.15, -0.1) is 6.58 Å². The zero-order valence-electron chi connectivity index (χ0n) is 19.8. The van der Waals surface area contributed by atoms with E-state index < -0.39 is 42.8 Å². The molecule has 1 unspecified atom stereocenters. The molecule has 3 aromatic carbocycles. The van der Waals surface area contributed by atoms with E-state index in [-0.39, 0.29) is 0 Å². The van der Waals surface area contributed by atoms with Gasteiger partial charge in [0.2, 0.25) is 0 Å². The van der Waals surface area contributed by atoms with Crippen LogP contribution in [0.3, 0.4) is 0 Å². The molecule has 1 fully saturated rings. The lowest BCUT2D eigenvalue weighted by atomic mass is 9.75. The van der Waals surface area contributed by atoms with Gasteiger partial charge in [0.05, 0.1) is 16.9 Å². The molecule has 0 radical (unpaired) electrons. The SMILES string of the molecule is C=C(B1OC(C)(C)C(C)(C)O1)C(c1ccccc1)P(=O)(c1ccc(F)cc1)c1ccc(F)cc1. The van der Waals surface area contributed by atoms with Gasteiger partial charge in [0.15, 0.2) is 7.14 Å². The molecule has 176 valence electrons. The summed E-state index contributed by atoms with van der Waals surface area (Å²) in [6, 6.07) is 20.6. The average Bonchev–Trinajstić information content (AvgIpc) is 3.02. The highest BCUT2D eigenvalue weighted by Crippen LogP contribution is 2.61. The van der Waals surface area contributed by atoms with E-state index in [1.807, 2.05) is 58.0 Å². The Morgan fingerprint density at radius 3 is 1.62 bits per heavy atom. The highest BCUT2D eigenvalue weighted by atomic mass is 31.2. The fourth-order valence-corrected chi connectivity index (χ4v) is 7.45. The quantitative estimate of drug-likeness (QED) is 0.311. The highest BCUT2D eigenvalue weighted by molar-refractivity contribution is 7.79. The molecule has 4 rings (SSSR count). The van der Waals surface area contributed by atoms with Crippen LogP contribution in [0.1, 0.15) is 38.9 Å². The second kappa shape index (κ2) is 8.92. The topological polar surface area (TPSA) is 35.5 Å². The normalized spacial score (nSPS) is 18.0. The predicted octanol–water partition coefficient (Wildman–Crippen LogP) is 6.21. The Kier molecular flexibility index (Phi) is 6.45. The van der Waals surface area contributed by atoms with Crippen molar-refractivity contribution in [2.45, 2.75) is 44.6 Å². The maximum absolute atomic E-state index is 15.2. The maximum atomic E-state index is 15.2. The molecule has 7 heteroatoms. The van der Waals surface area contributed by atoms with Crippen LogP contribution in [0, 0.1) is 11.6 Å². The van der Waals surface area contributed by atoms with Crippen molar-refractivity contribution in [3.8, 4) is 0 Å². The van der Waals surface area contributed by atoms with Crippen molar-refractivity contribution >= 4 is 24.9 Å². The minimum absolute atomic E-state index is 0.435. The summed E-state index contributed by atoms with van der Waals surface area (Å²) in [6.07, 6.45) is 0. The standard InChI is InChI=1S/C27H28BF2O3P/c1-19(28-32-26(2,3)27(4,5)33-28)25(20-9-7-6-8-10-20)34(31,23-15-11-21(29)12-16-23)24-17-13-22(30)14-18-24/h6-18,25H,1H2,2-5H3. The van der Waals surface area contributed by atoms with E-state index in [9.17, 15) is 8.78 Å². The van der Waals surface area contributed by atoms with E-state index in [0.717, 1.165) is 5.56 Å². The third-order valence-electron chi connectivity index (χ3n) is 6.81. The van der Waals surface area contributed by atoms with Crippen molar-refractivity contribution in [3.05, 3.63) is 108 Å². The molecule has 3 aromatic rings. The summed E-state index contributed by atoms with van der Waals surface area (Å²) in [6.45, 7) is 12.1. The van der Waals surface area contributed by atoms with Crippen LogP contribution in [0.4, 0.5) is 8.78 Å². The molecule has 3 nitrogen and oxygen atoms in total. The molecule has 0 aromatic heterocycles. The number of allylic oxidation sites excluding steroid dienone is 1. The number of hydrogen-bond donors (Lipinski definition) is 0. The number of rotatable bonds is 6. The summed E-state index contributed by atoms with van der Waals surface area (Å²) < 4.78 is 55.4. The molecule has 0 amide bonds. The Morgan fingerprint density at radius 1 is 0.794 bits per heavy atom. The van der Waals surface area contributed by atoms with Crippen molar-refractivity contribution in [2.24, 2.45) is 0 Å². The number of halogens is 2. The molecule has 0 aliphatic carbocycles. The monoisotopic (exact) mass is 480 g/mol. The van der Waals surface area contributed by atoms with Crippen molar-refractivity contribution < 1.29 is 22.7 Å². The predicted molar refractivity (Wildman–Crippen MR) is 134 cm³/mol. The van der Waals surface area contributed by atoms with Crippen molar-refractivity contribution in [1.82, 2.24) is 0 Å². The average molecular weight is 480 g/mol. The Morgan fingerprint density at radius 2 is 1.21 bits per heavy atom. The summed E-state index contributed by atoms with van der Waals surface area (Å²) in [5, 5.41) is 0.874. The first-order valence-corrected chi connectivity index (χ1v) is 12.9. The zero-order chi connectivity index (χ0) is 24.7. The molecule has 0 bridgehead atoms. The Bertz CT molecular complexity index is 1160. The fraction of sp³-hybridized carbons (Fsp3) is 0.259. The van der Waals surface area contributed by atoms with E-state index >= 15 is 4.57 Å². The van der Waals surface area contributed by atoms with Gasteiger partial charge >= 0.3 is 7.12 Å². The lowest BCUT2D eigenvalue weighted by Crippen LogP contribution is -2.41. The first kappa shape index (κ1) is 24.6. The second-order valence-corrected chi connectivity index (χ2v) is 12.5. The first-order valence-electron chi connectivity index (χ1n) is 11.2. The third kappa shape index (κ3) is 4.31. The molecule has 0 spiro atoms. The smallest absolute Gasteiger partial charge is 0.400 e. The van der Waals surface area contributed by atoms with Gasteiger partial charge in [-0.1, -0.05) is 30.3 Å². The second-order valence-electron chi connectivity index (χ2n) is 9.59. The molecule has 1 atom stereocenters. The van der Waals surface area contributed by atoms with E-state index in [1.54, 1.807) is 0 Å². The van der Waals surface area contributed by atoms with Crippen LogP contribution in [-0.2, 0) is 13.9 Å². The van der Waals surface area contributed by atoms with Gasteiger partial charge in [-0.05, 0) is 87.3 Å². The molecule has 1 aliphatic rings. The van der Waals surface area contributed by atoms with Gasteiger partial charge < -0.3 is 13.9 Å². The molecule has 0 saturated carbocycles. The van der Waals surface area contributed by atoms with Crippen LogP contribution < -0.4 is 10.6 Å².